The maximum atomic E-state index is 10.5. The summed E-state index contributed by atoms with van der Waals surface area (Å²) in [5.41, 5.74) is 0.119. The van der Waals surface area contributed by atoms with Crippen molar-refractivity contribution in [3.05, 3.63) is 0 Å². The van der Waals surface area contributed by atoms with Crippen molar-refractivity contribution >= 4 is 0 Å². The summed E-state index contributed by atoms with van der Waals surface area (Å²) in [6.07, 6.45) is 7.72. The van der Waals surface area contributed by atoms with Crippen LogP contribution in [0.2, 0.25) is 0 Å². The molecule has 0 aromatic carbocycles. The van der Waals surface area contributed by atoms with Crippen LogP contribution in [0.3, 0.4) is 0 Å². The molecule has 110 valence electrons. The molecule has 2 aliphatic heterocycles. The summed E-state index contributed by atoms with van der Waals surface area (Å²) in [6.45, 7) is 9.43. The summed E-state index contributed by atoms with van der Waals surface area (Å²) in [4.78, 5) is 5.29. The number of hydrogen-bond donors (Lipinski definition) is 1. The van der Waals surface area contributed by atoms with E-state index in [4.69, 9.17) is 0 Å². The molecule has 1 aliphatic carbocycles. The highest BCUT2D eigenvalue weighted by Crippen LogP contribution is 2.41. The van der Waals surface area contributed by atoms with Crippen LogP contribution in [0.5, 0.6) is 0 Å². The van der Waals surface area contributed by atoms with Crippen LogP contribution in [0.1, 0.15) is 52.4 Å². The van der Waals surface area contributed by atoms with Gasteiger partial charge in [0.2, 0.25) is 0 Å². The van der Waals surface area contributed by atoms with Crippen molar-refractivity contribution in [1.29, 1.82) is 0 Å². The van der Waals surface area contributed by atoms with Gasteiger partial charge in [0, 0.05) is 25.2 Å². The van der Waals surface area contributed by atoms with Gasteiger partial charge >= 0.3 is 0 Å². The van der Waals surface area contributed by atoms with E-state index in [0.29, 0.717) is 6.04 Å². The Hall–Kier alpha value is -0.120. The molecule has 2 saturated heterocycles. The number of hydrogen-bond acceptors (Lipinski definition) is 3. The molecule has 3 fully saturated rings. The van der Waals surface area contributed by atoms with E-state index in [9.17, 15) is 5.11 Å². The Labute approximate surface area is 118 Å². The minimum atomic E-state index is -0.132. The van der Waals surface area contributed by atoms with Crippen molar-refractivity contribution in [1.82, 2.24) is 9.80 Å². The molecular weight excluding hydrogens is 236 g/mol. The SMILES string of the molecule is CC1(C)CCC(N2CCC(N3CCCCC3)C2)C1O. The first-order chi connectivity index (χ1) is 9.08. The lowest BCUT2D eigenvalue weighted by atomic mass is 9.88. The number of nitrogens with zero attached hydrogens (tertiary/aromatic N) is 2. The average molecular weight is 266 g/mol. The quantitative estimate of drug-likeness (QED) is 0.829. The van der Waals surface area contributed by atoms with Crippen LogP contribution in [-0.2, 0) is 0 Å². The van der Waals surface area contributed by atoms with Crippen LogP contribution in [0.25, 0.3) is 0 Å². The lowest BCUT2D eigenvalue weighted by Crippen LogP contribution is -2.46. The molecule has 0 bridgehead atoms. The number of rotatable bonds is 2. The van der Waals surface area contributed by atoms with Crippen LogP contribution >= 0.6 is 0 Å². The van der Waals surface area contributed by atoms with E-state index in [2.05, 4.69) is 23.6 Å². The fourth-order valence-corrected chi connectivity index (χ4v) is 4.38. The van der Waals surface area contributed by atoms with Gasteiger partial charge in [0.15, 0.2) is 0 Å². The van der Waals surface area contributed by atoms with E-state index in [-0.39, 0.29) is 11.5 Å². The van der Waals surface area contributed by atoms with Gasteiger partial charge in [0.1, 0.15) is 0 Å². The second-order valence-corrected chi connectivity index (χ2v) is 7.57. The molecule has 3 aliphatic rings. The van der Waals surface area contributed by atoms with E-state index in [1.165, 1.54) is 64.7 Å². The van der Waals surface area contributed by atoms with Crippen LogP contribution in [-0.4, -0.2) is 59.3 Å². The van der Waals surface area contributed by atoms with Gasteiger partial charge < -0.3 is 5.11 Å². The largest absolute Gasteiger partial charge is 0.391 e. The monoisotopic (exact) mass is 266 g/mol. The predicted octanol–water partition coefficient (Wildman–Crippen LogP) is 2.10. The summed E-state index contributed by atoms with van der Waals surface area (Å²) in [6, 6.07) is 1.18. The highest BCUT2D eigenvalue weighted by atomic mass is 16.3. The molecule has 3 unspecified atom stereocenters. The third-order valence-electron chi connectivity index (χ3n) is 5.82. The second-order valence-electron chi connectivity index (χ2n) is 7.57. The molecule has 0 spiro atoms. The molecule has 3 heteroatoms. The van der Waals surface area contributed by atoms with Crippen molar-refractivity contribution < 1.29 is 5.11 Å². The van der Waals surface area contributed by atoms with E-state index in [1.807, 2.05) is 0 Å². The first-order valence-electron chi connectivity index (χ1n) is 8.24. The molecule has 19 heavy (non-hydrogen) atoms. The first-order valence-corrected chi connectivity index (χ1v) is 8.24. The minimum absolute atomic E-state index is 0.119. The Morgan fingerprint density at radius 3 is 2.32 bits per heavy atom. The fourth-order valence-electron chi connectivity index (χ4n) is 4.38. The topological polar surface area (TPSA) is 26.7 Å². The Morgan fingerprint density at radius 1 is 0.947 bits per heavy atom. The lowest BCUT2D eigenvalue weighted by Gasteiger charge is -2.34. The summed E-state index contributed by atoms with van der Waals surface area (Å²) in [5.74, 6) is 0. The van der Waals surface area contributed by atoms with Crippen molar-refractivity contribution in [3.63, 3.8) is 0 Å². The van der Waals surface area contributed by atoms with Crippen LogP contribution in [0, 0.1) is 5.41 Å². The number of likely N-dealkylation sites (tertiary alicyclic amines) is 2. The lowest BCUT2D eigenvalue weighted by molar-refractivity contribution is 0.0195. The highest BCUT2D eigenvalue weighted by Gasteiger charge is 2.45. The van der Waals surface area contributed by atoms with Crippen LogP contribution in [0.15, 0.2) is 0 Å². The maximum absolute atomic E-state index is 10.5. The smallest absolute Gasteiger partial charge is 0.0746 e. The average Bonchev–Trinajstić information content (AvgIpc) is 2.98. The molecular formula is C16H30N2O. The van der Waals surface area contributed by atoms with Gasteiger partial charge in [-0.05, 0) is 50.6 Å². The third kappa shape index (κ3) is 2.70. The molecule has 3 nitrogen and oxygen atoms in total. The van der Waals surface area contributed by atoms with Gasteiger partial charge in [-0.3, -0.25) is 9.80 Å². The molecule has 0 radical (unpaired) electrons. The summed E-state index contributed by atoms with van der Waals surface area (Å²) in [7, 11) is 0. The molecule has 0 amide bonds. The van der Waals surface area contributed by atoms with E-state index in [1.54, 1.807) is 0 Å². The number of piperidine rings is 1. The van der Waals surface area contributed by atoms with Gasteiger partial charge in [-0.25, -0.2) is 0 Å². The van der Waals surface area contributed by atoms with Crippen molar-refractivity contribution in [3.8, 4) is 0 Å². The zero-order chi connectivity index (χ0) is 13.5. The zero-order valence-electron chi connectivity index (χ0n) is 12.6. The molecule has 0 aromatic rings. The van der Waals surface area contributed by atoms with Gasteiger partial charge in [0.25, 0.3) is 0 Å². The van der Waals surface area contributed by atoms with Crippen LogP contribution in [0.4, 0.5) is 0 Å². The minimum Gasteiger partial charge on any atom is -0.391 e. The van der Waals surface area contributed by atoms with Gasteiger partial charge in [-0.15, -0.1) is 0 Å². The standard InChI is InChI=1S/C16H30N2O/c1-16(2)8-6-14(15(16)19)18-11-7-13(12-18)17-9-4-3-5-10-17/h13-15,19H,3-12H2,1-2H3. The van der Waals surface area contributed by atoms with Crippen molar-refractivity contribution in [2.45, 2.75) is 70.6 Å². The first kappa shape index (κ1) is 13.8. The summed E-state index contributed by atoms with van der Waals surface area (Å²) in [5, 5.41) is 10.5. The fraction of sp³-hybridized carbons (Fsp3) is 1.00. The Balaban J connectivity index is 1.57. The number of aliphatic hydroxyl groups is 1. The van der Waals surface area contributed by atoms with Crippen LogP contribution < -0.4 is 0 Å². The molecule has 2 heterocycles. The third-order valence-corrected chi connectivity index (χ3v) is 5.82. The number of aliphatic hydroxyl groups excluding tert-OH is 1. The summed E-state index contributed by atoms with van der Waals surface area (Å²) < 4.78 is 0. The molecule has 3 rings (SSSR count). The molecule has 0 aromatic heterocycles. The Kier molecular flexibility index (Phi) is 3.89. The predicted molar refractivity (Wildman–Crippen MR) is 78.2 cm³/mol. The summed E-state index contributed by atoms with van der Waals surface area (Å²) >= 11 is 0. The van der Waals surface area contributed by atoms with E-state index < -0.39 is 0 Å². The molecule has 3 atom stereocenters. The van der Waals surface area contributed by atoms with Crippen molar-refractivity contribution in [2.75, 3.05) is 26.2 Å². The van der Waals surface area contributed by atoms with Gasteiger partial charge in [-0.2, -0.15) is 0 Å². The zero-order valence-corrected chi connectivity index (χ0v) is 12.6. The van der Waals surface area contributed by atoms with E-state index >= 15 is 0 Å². The van der Waals surface area contributed by atoms with Gasteiger partial charge in [0.05, 0.1) is 6.10 Å². The second kappa shape index (κ2) is 5.34. The highest BCUT2D eigenvalue weighted by molar-refractivity contribution is 4.99. The Bertz CT molecular complexity index is 312. The molecule has 1 saturated carbocycles. The Morgan fingerprint density at radius 2 is 1.68 bits per heavy atom. The molecule has 1 N–H and O–H groups in total. The maximum Gasteiger partial charge on any atom is 0.0746 e. The normalized spacial score (nSPS) is 40.9. The van der Waals surface area contributed by atoms with Gasteiger partial charge in [-0.1, -0.05) is 20.3 Å². The van der Waals surface area contributed by atoms with Crippen molar-refractivity contribution in [2.24, 2.45) is 5.41 Å². The van der Waals surface area contributed by atoms with E-state index in [0.717, 1.165) is 6.04 Å².